The summed E-state index contributed by atoms with van der Waals surface area (Å²) in [5, 5.41) is 13.8. The van der Waals surface area contributed by atoms with Gasteiger partial charge in [-0.3, -0.25) is 9.69 Å². The van der Waals surface area contributed by atoms with Gasteiger partial charge < -0.3 is 19.4 Å². The molecule has 4 aromatic rings. The normalized spacial score (nSPS) is 19.1. The van der Waals surface area contributed by atoms with Crippen LogP contribution in [0.5, 0.6) is 5.75 Å². The Labute approximate surface area is 227 Å². The number of tetrazole rings is 1. The average molecular weight is 530 g/mol. The summed E-state index contributed by atoms with van der Waals surface area (Å²) < 4.78 is 13.2. The molecule has 0 amide bonds. The van der Waals surface area contributed by atoms with Crippen LogP contribution < -0.4 is 15.2 Å². The molecule has 2 fully saturated rings. The number of anilines is 1. The number of rotatable bonds is 7. The second kappa shape index (κ2) is 10.8. The lowest BCUT2D eigenvalue weighted by Gasteiger charge is -2.40. The first-order chi connectivity index (χ1) is 19.0. The highest BCUT2D eigenvalue weighted by Crippen LogP contribution is 2.31. The smallest absolute Gasteiger partial charge is 0.253 e. The molecule has 2 aromatic heterocycles. The fraction of sp³-hybridized carbons (Fsp3) is 0.448. The SMILES string of the molecule is COc1ccc2[nH]c(=O)c([C@@H](c3nnnn3C[C@@H]3CCCO3)N3CCN(c4cccc(C)c4C)CC3)cc2c1. The number of methoxy groups -OCH3 is 1. The van der Waals surface area contributed by atoms with E-state index in [0.717, 1.165) is 62.3 Å². The van der Waals surface area contributed by atoms with Crippen LogP contribution in [-0.2, 0) is 11.3 Å². The van der Waals surface area contributed by atoms with Crippen LogP contribution in [0.2, 0.25) is 0 Å². The molecule has 10 nitrogen and oxygen atoms in total. The van der Waals surface area contributed by atoms with Crippen molar-refractivity contribution in [3.8, 4) is 5.75 Å². The van der Waals surface area contributed by atoms with Crippen LogP contribution in [0, 0.1) is 13.8 Å². The van der Waals surface area contributed by atoms with E-state index in [2.05, 4.69) is 62.4 Å². The fourth-order valence-corrected chi connectivity index (χ4v) is 5.85. The molecule has 2 saturated heterocycles. The lowest BCUT2D eigenvalue weighted by atomic mass is 10.0. The van der Waals surface area contributed by atoms with E-state index in [4.69, 9.17) is 9.47 Å². The minimum absolute atomic E-state index is 0.0770. The molecule has 10 heteroatoms. The van der Waals surface area contributed by atoms with Crippen LogP contribution in [0.3, 0.4) is 0 Å². The van der Waals surface area contributed by atoms with Crippen molar-refractivity contribution in [2.45, 2.75) is 45.4 Å². The number of hydrogen-bond donors (Lipinski definition) is 1. The summed E-state index contributed by atoms with van der Waals surface area (Å²) in [6.07, 6.45) is 2.10. The van der Waals surface area contributed by atoms with Gasteiger partial charge in [0.05, 0.1) is 19.8 Å². The molecular formula is C29H35N7O3. The highest BCUT2D eigenvalue weighted by atomic mass is 16.5. The molecular weight excluding hydrogens is 494 g/mol. The Kier molecular flexibility index (Phi) is 7.05. The number of fused-ring (bicyclic) bond motifs is 1. The zero-order valence-electron chi connectivity index (χ0n) is 22.8. The third-order valence-electron chi connectivity index (χ3n) is 8.18. The van der Waals surface area contributed by atoms with E-state index in [0.29, 0.717) is 17.9 Å². The van der Waals surface area contributed by atoms with Crippen molar-refractivity contribution in [2.24, 2.45) is 0 Å². The number of pyridine rings is 1. The van der Waals surface area contributed by atoms with E-state index in [1.54, 1.807) is 7.11 Å². The van der Waals surface area contributed by atoms with Crippen molar-refractivity contribution in [1.29, 1.82) is 0 Å². The first-order valence-electron chi connectivity index (χ1n) is 13.7. The minimum Gasteiger partial charge on any atom is -0.497 e. The third-order valence-corrected chi connectivity index (χ3v) is 8.18. The number of piperazine rings is 1. The van der Waals surface area contributed by atoms with Gasteiger partial charge in [0.15, 0.2) is 5.82 Å². The third kappa shape index (κ3) is 5.02. The number of aryl methyl sites for hydroxylation is 1. The number of nitrogens with one attached hydrogen (secondary N) is 1. The van der Waals surface area contributed by atoms with Gasteiger partial charge in [0.25, 0.3) is 5.56 Å². The second-order valence-corrected chi connectivity index (χ2v) is 10.5. The summed E-state index contributed by atoms with van der Waals surface area (Å²) in [5.41, 5.74) is 5.12. The molecule has 4 heterocycles. The molecule has 204 valence electrons. The zero-order valence-corrected chi connectivity index (χ0v) is 22.8. The molecule has 2 aromatic carbocycles. The van der Waals surface area contributed by atoms with Crippen molar-refractivity contribution in [3.05, 3.63) is 75.3 Å². The van der Waals surface area contributed by atoms with Crippen molar-refractivity contribution >= 4 is 16.6 Å². The molecule has 0 unspecified atom stereocenters. The van der Waals surface area contributed by atoms with E-state index >= 15 is 0 Å². The molecule has 6 rings (SSSR count). The van der Waals surface area contributed by atoms with Crippen LogP contribution in [-0.4, -0.2) is 76.1 Å². The highest BCUT2D eigenvalue weighted by Gasteiger charge is 2.34. The van der Waals surface area contributed by atoms with Crippen LogP contribution in [0.15, 0.2) is 47.3 Å². The van der Waals surface area contributed by atoms with Gasteiger partial charge in [0, 0.05) is 54.9 Å². The van der Waals surface area contributed by atoms with E-state index in [1.165, 1.54) is 16.8 Å². The maximum absolute atomic E-state index is 13.6. The Bertz CT molecular complexity index is 1520. The summed E-state index contributed by atoms with van der Waals surface area (Å²) >= 11 is 0. The Hall–Kier alpha value is -3.76. The maximum atomic E-state index is 13.6. The Morgan fingerprint density at radius 2 is 1.97 bits per heavy atom. The minimum atomic E-state index is -0.401. The largest absolute Gasteiger partial charge is 0.497 e. The van der Waals surface area contributed by atoms with Gasteiger partial charge in [-0.2, -0.15) is 0 Å². The Balaban J connectivity index is 1.37. The fourth-order valence-electron chi connectivity index (χ4n) is 5.85. The summed E-state index contributed by atoms with van der Waals surface area (Å²) in [6, 6.07) is 13.7. The second-order valence-electron chi connectivity index (χ2n) is 10.5. The van der Waals surface area contributed by atoms with Gasteiger partial charge in [-0.1, -0.05) is 12.1 Å². The molecule has 0 spiro atoms. The Morgan fingerprint density at radius 3 is 2.74 bits per heavy atom. The summed E-state index contributed by atoms with van der Waals surface area (Å²) in [6.45, 7) is 8.88. The molecule has 0 aliphatic carbocycles. The van der Waals surface area contributed by atoms with Crippen LogP contribution in [0.4, 0.5) is 5.69 Å². The van der Waals surface area contributed by atoms with Crippen molar-refractivity contribution < 1.29 is 9.47 Å². The number of H-pyrrole nitrogens is 1. The Morgan fingerprint density at radius 1 is 1.13 bits per heavy atom. The number of benzene rings is 2. The predicted octanol–water partition coefficient (Wildman–Crippen LogP) is 3.23. The van der Waals surface area contributed by atoms with Gasteiger partial charge in [0.1, 0.15) is 11.8 Å². The topological polar surface area (TPSA) is 101 Å². The predicted molar refractivity (Wildman–Crippen MR) is 149 cm³/mol. The lowest BCUT2D eigenvalue weighted by Crippen LogP contribution is -2.49. The van der Waals surface area contributed by atoms with E-state index in [9.17, 15) is 4.79 Å². The first kappa shape index (κ1) is 25.5. The average Bonchev–Trinajstić information content (AvgIpc) is 3.64. The highest BCUT2D eigenvalue weighted by molar-refractivity contribution is 5.80. The number of hydrogen-bond acceptors (Lipinski definition) is 8. The standard InChI is InChI=1S/C29H35N7O3/c1-19-6-4-8-26(20(19)2)34-11-13-35(14-12-34)27(28-31-32-33-36(28)18-23-7-5-15-39-23)24-17-21-16-22(38-3)9-10-25(21)30-29(24)37/h4,6,8-10,16-17,23,27H,5,7,11-15,18H2,1-3H3,(H,30,37)/t23-,27-/m0/s1. The number of ether oxygens (including phenoxy) is 2. The molecule has 0 saturated carbocycles. The van der Waals surface area contributed by atoms with Crippen LogP contribution in [0.1, 0.15) is 41.4 Å². The van der Waals surface area contributed by atoms with Gasteiger partial charge >= 0.3 is 0 Å². The van der Waals surface area contributed by atoms with E-state index in [-0.39, 0.29) is 11.7 Å². The lowest BCUT2D eigenvalue weighted by molar-refractivity contribution is 0.0906. The van der Waals surface area contributed by atoms with Crippen molar-refractivity contribution in [3.63, 3.8) is 0 Å². The quantitative estimate of drug-likeness (QED) is 0.390. The number of aromatic nitrogens is 5. The van der Waals surface area contributed by atoms with E-state index in [1.807, 2.05) is 28.9 Å². The zero-order chi connectivity index (χ0) is 26.9. The van der Waals surface area contributed by atoms with Crippen LogP contribution >= 0.6 is 0 Å². The van der Waals surface area contributed by atoms with Gasteiger partial charge in [-0.05, 0) is 78.6 Å². The first-order valence-corrected chi connectivity index (χ1v) is 13.7. The molecule has 2 aliphatic heterocycles. The van der Waals surface area contributed by atoms with E-state index < -0.39 is 6.04 Å². The monoisotopic (exact) mass is 529 g/mol. The summed E-state index contributed by atoms with van der Waals surface area (Å²) in [5.74, 6) is 1.40. The molecule has 1 N–H and O–H groups in total. The summed E-state index contributed by atoms with van der Waals surface area (Å²) in [7, 11) is 1.64. The van der Waals surface area contributed by atoms with Gasteiger partial charge in [-0.25, -0.2) is 4.68 Å². The number of aromatic amines is 1. The van der Waals surface area contributed by atoms with Gasteiger partial charge in [0.2, 0.25) is 0 Å². The van der Waals surface area contributed by atoms with Gasteiger partial charge in [-0.15, -0.1) is 5.10 Å². The molecule has 2 atom stereocenters. The van der Waals surface area contributed by atoms with Crippen LogP contribution in [0.25, 0.3) is 10.9 Å². The number of nitrogens with zero attached hydrogens (tertiary/aromatic N) is 6. The maximum Gasteiger partial charge on any atom is 0.253 e. The van der Waals surface area contributed by atoms with Crippen molar-refractivity contribution in [2.75, 3.05) is 44.8 Å². The van der Waals surface area contributed by atoms with Crippen molar-refractivity contribution in [1.82, 2.24) is 30.1 Å². The molecule has 0 radical (unpaired) electrons. The summed E-state index contributed by atoms with van der Waals surface area (Å²) in [4.78, 5) is 21.4. The molecule has 39 heavy (non-hydrogen) atoms. The molecule has 2 aliphatic rings. The molecule has 0 bridgehead atoms.